The Morgan fingerprint density at radius 2 is 1.89 bits per heavy atom. The standard InChI is InChI=1S/C30H40FN5O2/c1-33-25(29(32)37)19-24(20-7-3-2-4-8-20)30(38)36-16-6-10-26(36)22-13-14-34-28(18-22)35-15-5-9-21-17-23(31)11-12-27(21)35/h11-14,17-18,20,24-26,33H,2-10,15-16,19H2,1H3,(H2,32,37). The molecule has 2 amide bonds. The number of amides is 2. The number of nitrogens with one attached hydrogen (secondary N) is 1. The molecule has 1 saturated carbocycles. The third-order valence-corrected chi connectivity index (χ3v) is 8.84. The van der Waals surface area contributed by atoms with Gasteiger partial charge in [0, 0.05) is 30.9 Å². The number of pyridine rings is 1. The molecule has 1 saturated heterocycles. The maximum Gasteiger partial charge on any atom is 0.234 e. The van der Waals surface area contributed by atoms with Gasteiger partial charge in [-0.1, -0.05) is 19.3 Å². The van der Waals surface area contributed by atoms with Gasteiger partial charge in [-0.05, 0) is 99.4 Å². The lowest BCUT2D eigenvalue weighted by atomic mass is 9.76. The van der Waals surface area contributed by atoms with Crippen LogP contribution >= 0.6 is 0 Å². The fourth-order valence-electron chi connectivity index (χ4n) is 6.84. The first-order valence-electron chi connectivity index (χ1n) is 14.2. The van der Waals surface area contributed by atoms with E-state index in [2.05, 4.69) is 21.3 Å². The monoisotopic (exact) mass is 521 g/mol. The van der Waals surface area contributed by atoms with E-state index in [-0.39, 0.29) is 29.6 Å². The summed E-state index contributed by atoms with van der Waals surface area (Å²) in [5, 5.41) is 3.03. The number of aryl methyl sites for hydroxylation is 1. The summed E-state index contributed by atoms with van der Waals surface area (Å²) in [7, 11) is 1.74. The molecular weight excluding hydrogens is 481 g/mol. The van der Waals surface area contributed by atoms with Crippen LogP contribution in [-0.4, -0.2) is 47.9 Å². The fourth-order valence-corrected chi connectivity index (χ4v) is 6.84. The second-order valence-electron chi connectivity index (χ2n) is 11.1. The van der Waals surface area contributed by atoms with Crippen LogP contribution < -0.4 is 16.0 Å². The summed E-state index contributed by atoms with van der Waals surface area (Å²) < 4.78 is 13.9. The van der Waals surface area contributed by atoms with Gasteiger partial charge in [0.15, 0.2) is 0 Å². The van der Waals surface area contributed by atoms with Gasteiger partial charge in [-0.3, -0.25) is 9.59 Å². The van der Waals surface area contributed by atoms with E-state index < -0.39 is 11.9 Å². The largest absolute Gasteiger partial charge is 0.368 e. The lowest BCUT2D eigenvalue weighted by Gasteiger charge is -2.36. The van der Waals surface area contributed by atoms with Crippen molar-refractivity contribution in [2.24, 2.45) is 17.6 Å². The third kappa shape index (κ3) is 5.55. The van der Waals surface area contributed by atoms with E-state index in [0.717, 1.165) is 87.1 Å². The molecule has 3 atom stereocenters. The van der Waals surface area contributed by atoms with Gasteiger partial charge in [-0.25, -0.2) is 9.37 Å². The van der Waals surface area contributed by atoms with Crippen molar-refractivity contribution in [3.05, 3.63) is 53.5 Å². The molecule has 0 spiro atoms. The molecule has 0 radical (unpaired) electrons. The van der Waals surface area contributed by atoms with E-state index in [1.54, 1.807) is 13.1 Å². The maximum absolute atomic E-state index is 14.2. The van der Waals surface area contributed by atoms with Crippen LogP contribution in [0, 0.1) is 17.7 Å². The molecule has 3 aliphatic rings. The molecule has 2 aliphatic heterocycles. The zero-order valence-electron chi connectivity index (χ0n) is 22.4. The van der Waals surface area contributed by atoms with Crippen LogP contribution in [0.2, 0.25) is 0 Å². The molecule has 3 unspecified atom stereocenters. The molecule has 7 nitrogen and oxygen atoms in total. The summed E-state index contributed by atoms with van der Waals surface area (Å²) >= 11 is 0. The highest BCUT2D eigenvalue weighted by molar-refractivity contribution is 5.83. The summed E-state index contributed by atoms with van der Waals surface area (Å²) in [5.74, 6) is 0.438. The lowest BCUT2D eigenvalue weighted by Crippen LogP contribution is -2.46. The number of likely N-dealkylation sites (N-methyl/N-ethyl adjacent to an activating group) is 1. The summed E-state index contributed by atoms with van der Waals surface area (Å²) in [6.45, 7) is 1.54. The number of carbonyl (C=O) groups is 2. The van der Waals surface area contributed by atoms with E-state index >= 15 is 0 Å². The van der Waals surface area contributed by atoms with Crippen molar-refractivity contribution in [1.82, 2.24) is 15.2 Å². The fraction of sp³-hybridized carbons (Fsp3) is 0.567. The van der Waals surface area contributed by atoms with Gasteiger partial charge in [-0.15, -0.1) is 0 Å². The van der Waals surface area contributed by atoms with Crippen LogP contribution in [0.3, 0.4) is 0 Å². The Morgan fingerprint density at radius 1 is 1.08 bits per heavy atom. The van der Waals surface area contributed by atoms with Crippen LogP contribution in [0.25, 0.3) is 0 Å². The van der Waals surface area contributed by atoms with E-state index in [4.69, 9.17) is 5.73 Å². The van der Waals surface area contributed by atoms with Crippen LogP contribution in [0.15, 0.2) is 36.5 Å². The number of halogens is 1. The highest BCUT2D eigenvalue weighted by Gasteiger charge is 2.39. The zero-order valence-corrected chi connectivity index (χ0v) is 22.4. The molecule has 204 valence electrons. The molecule has 1 aliphatic carbocycles. The van der Waals surface area contributed by atoms with E-state index in [9.17, 15) is 14.0 Å². The topological polar surface area (TPSA) is 91.6 Å². The molecular formula is C30H40FN5O2. The van der Waals surface area contributed by atoms with Crippen molar-refractivity contribution in [1.29, 1.82) is 0 Å². The van der Waals surface area contributed by atoms with Crippen LogP contribution in [-0.2, 0) is 16.0 Å². The Morgan fingerprint density at radius 3 is 2.66 bits per heavy atom. The summed E-state index contributed by atoms with van der Waals surface area (Å²) in [6.07, 6.45) is 11.4. The lowest BCUT2D eigenvalue weighted by molar-refractivity contribution is -0.139. The Balaban J connectivity index is 1.40. The number of primary amides is 1. The molecule has 3 heterocycles. The second-order valence-corrected chi connectivity index (χ2v) is 11.1. The van der Waals surface area contributed by atoms with Gasteiger partial charge >= 0.3 is 0 Å². The van der Waals surface area contributed by atoms with Crippen LogP contribution in [0.4, 0.5) is 15.9 Å². The molecule has 2 fully saturated rings. The van der Waals surface area contributed by atoms with Gasteiger partial charge < -0.3 is 20.9 Å². The molecule has 38 heavy (non-hydrogen) atoms. The normalized spacial score (nSPS) is 21.7. The number of nitrogens with two attached hydrogens (primary N) is 1. The highest BCUT2D eigenvalue weighted by Crippen LogP contribution is 2.40. The number of rotatable bonds is 8. The molecule has 8 heteroatoms. The summed E-state index contributed by atoms with van der Waals surface area (Å²) in [5.41, 5.74) is 8.76. The number of aromatic nitrogens is 1. The van der Waals surface area contributed by atoms with Gasteiger partial charge in [0.1, 0.15) is 11.6 Å². The van der Waals surface area contributed by atoms with Gasteiger partial charge in [0.25, 0.3) is 0 Å². The van der Waals surface area contributed by atoms with Gasteiger partial charge in [0.05, 0.1) is 12.1 Å². The predicted octanol–water partition coefficient (Wildman–Crippen LogP) is 4.63. The first-order valence-corrected chi connectivity index (χ1v) is 14.2. The van der Waals surface area contributed by atoms with Gasteiger partial charge in [0.2, 0.25) is 11.8 Å². The summed E-state index contributed by atoms with van der Waals surface area (Å²) in [6, 6.07) is 8.56. The van der Waals surface area contributed by atoms with Crippen molar-refractivity contribution in [3.8, 4) is 0 Å². The Labute approximate surface area is 225 Å². The minimum Gasteiger partial charge on any atom is -0.368 e. The minimum absolute atomic E-state index is 0.0190. The molecule has 2 aromatic rings. The Kier molecular flexibility index (Phi) is 8.27. The highest BCUT2D eigenvalue weighted by atomic mass is 19.1. The van der Waals surface area contributed by atoms with Crippen molar-refractivity contribution in [2.75, 3.05) is 25.0 Å². The van der Waals surface area contributed by atoms with Crippen molar-refractivity contribution < 1.29 is 14.0 Å². The van der Waals surface area contributed by atoms with Crippen molar-refractivity contribution in [3.63, 3.8) is 0 Å². The number of carbonyl (C=O) groups excluding carboxylic acids is 2. The number of benzene rings is 1. The molecule has 1 aromatic carbocycles. The van der Waals surface area contributed by atoms with Crippen molar-refractivity contribution >= 4 is 23.3 Å². The molecule has 5 rings (SSSR count). The summed E-state index contributed by atoms with van der Waals surface area (Å²) in [4.78, 5) is 35.1. The smallest absolute Gasteiger partial charge is 0.234 e. The minimum atomic E-state index is -0.511. The van der Waals surface area contributed by atoms with Crippen molar-refractivity contribution in [2.45, 2.75) is 76.3 Å². The average Bonchev–Trinajstić information content (AvgIpc) is 3.43. The van der Waals surface area contributed by atoms with Gasteiger partial charge in [-0.2, -0.15) is 0 Å². The SMILES string of the molecule is CNC(CC(C(=O)N1CCCC1c1ccnc(N2CCCc3cc(F)ccc32)c1)C1CCCCC1)C(N)=O. The number of likely N-dealkylation sites (tertiary alicyclic amines) is 1. The predicted molar refractivity (Wildman–Crippen MR) is 146 cm³/mol. The molecule has 1 aromatic heterocycles. The number of anilines is 2. The Hall–Kier alpha value is -3.00. The quantitative estimate of drug-likeness (QED) is 0.529. The number of hydrogen-bond acceptors (Lipinski definition) is 5. The molecule has 3 N–H and O–H groups in total. The zero-order chi connectivity index (χ0) is 26.6. The number of nitrogens with zero attached hydrogens (tertiary/aromatic N) is 3. The third-order valence-electron chi connectivity index (χ3n) is 8.84. The Bertz CT molecular complexity index is 1150. The van der Waals surface area contributed by atoms with E-state index in [0.29, 0.717) is 6.42 Å². The number of hydrogen-bond donors (Lipinski definition) is 2. The van der Waals surface area contributed by atoms with E-state index in [1.165, 1.54) is 12.5 Å². The van der Waals surface area contributed by atoms with Crippen LogP contribution in [0.5, 0.6) is 0 Å². The average molecular weight is 522 g/mol. The first-order chi connectivity index (χ1) is 18.5. The second kappa shape index (κ2) is 11.8. The van der Waals surface area contributed by atoms with E-state index in [1.807, 2.05) is 23.2 Å². The number of fused-ring (bicyclic) bond motifs is 1. The first kappa shape index (κ1) is 26.6. The maximum atomic E-state index is 14.2. The molecule has 0 bridgehead atoms. The van der Waals surface area contributed by atoms with Crippen LogP contribution in [0.1, 0.15) is 75.0 Å².